The molecule has 1 aromatic rings. The number of phenolic OH excluding ortho intramolecular Hbond substituents is 2. The molecule has 92 valence electrons. The van der Waals surface area contributed by atoms with E-state index in [1.807, 2.05) is 0 Å². The number of hydrogen-bond acceptors (Lipinski definition) is 4. The van der Waals surface area contributed by atoms with Crippen molar-refractivity contribution in [1.82, 2.24) is 4.90 Å². The predicted octanol–water partition coefficient (Wildman–Crippen LogP) is 0.661. The number of likely N-dealkylation sites (tertiary alicyclic amines) is 1. The van der Waals surface area contributed by atoms with Gasteiger partial charge >= 0.3 is 0 Å². The van der Waals surface area contributed by atoms with Gasteiger partial charge in [0.2, 0.25) is 0 Å². The predicted molar refractivity (Wildman–Crippen MR) is 62.9 cm³/mol. The van der Waals surface area contributed by atoms with Gasteiger partial charge in [0.05, 0.1) is 5.56 Å². The van der Waals surface area contributed by atoms with Gasteiger partial charge in [-0.1, -0.05) is 0 Å². The van der Waals surface area contributed by atoms with Gasteiger partial charge in [-0.2, -0.15) is 0 Å². The van der Waals surface area contributed by atoms with Crippen molar-refractivity contribution in [3.8, 4) is 11.5 Å². The Balaban J connectivity index is 2.16. The summed E-state index contributed by atoms with van der Waals surface area (Å²) >= 11 is 0. The van der Waals surface area contributed by atoms with Crippen LogP contribution in [0.2, 0.25) is 0 Å². The van der Waals surface area contributed by atoms with Crippen LogP contribution >= 0.6 is 0 Å². The van der Waals surface area contributed by atoms with Gasteiger partial charge in [0.15, 0.2) is 0 Å². The third-order valence-corrected chi connectivity index (χ3v) is 3.04. The van der Waals surface area contributed by atoms with E-state index >= 15 is 0 Å². The van der Waals surface area contributed by atoms with Crippen LogP contribution in [0.5, 0.6) is 11.5 Å². The molecule has 1 aliphatic rings. The van der Waals surface area contributed by atoms with Crippen LogP contribution in [-0.2, 0) is 0 Å². The Morgan fingerprint density at radius 1 is 1.29 bits per heavy atom. The van der Waals surface area contributed by atoms with Crippen LogP contribution in [0.15, 0.2) is 18.2 Å². The zero-order valence-corrected chi connectivity index (χ0v) is 9.47. The lowest BCUT2D eigenvalue weighted by molar-refractivity contribution is 0.0711. The highest BCUT2D eigenvalue weighted by atomic mass is 16.3. The van der Waals surface area contributed by atoms with E-state index in [1.54, 1.807) is 4.90 Å². The molecule has 0 spiro atoms. The third kappa shape index (κ3) is 2.50. The summed E-state index contributed by atoms with van der Waals surface area (Å²) in [6.45, 7) is 1.18. The lowest BCUT2D eigenvalue weighted by atomic mass is 10.0. The fourth-order valence-corrected chi connectivity index (χ4v) is 1.97. The van der Waals surface area contributed by atoms with Crippen molar-refractivity contribution < 1.29 is 15.0 Å². The molecule has 1 aliphatic heterocycles. The number of nitrogens with two attached hydrogens (primary N) is 1. The Bertz CT molecular complexity index is 426. The number of nitrogens with zero attached hydrogens (tertiary/aromatic N) is 1. The molecule has 1 fully saturated rings. The van der Waals surface area contributed by atoms with E-state index in [4.69, 9.17) is 5.73 Å². The van der Waals surface area contributed by atoms with Crippen LogP contribution in [0.3, 0.4) is 0 Å². The molecule has 5 nitrogen and oxygen atoms in total. The lowest BCUT2D eigenvalue weighted by Crippen LogP contribution is -2.42. The number of rotatable bonds is 1. The zero-order chi connectivity index (χ0) is 12.4. The van der Waals surface area contributed by atoms with Crippen molar-refractivity contribution in [1.29, 1.82) is 0 Å². The summed E-state index contributed by atoms with van der Waals surface area (Å²) in [6.07, 6.45) is 1.54. The molecule has 1 amide bonds. The van der Waals surface area contributed by atoms with Crippen LogP contribution in [0.4, 0.5) is 0 Å². The fourth-order valence-electron chi connectivity index (χ4n) is 1.97. The van der Waals surface area contributed by atoms with E-state index < -0.39 is 0 Å². The maximum Gasteiger partial charge on any atom is 0.257 e. The number of benzene rings is 1. The van der Waals surface area contributed by atoms with Crippen molar-refractivity contribution in [3.63, 3.8) is 0 Å². The first-order valence-corrected chi connectivity index (χ1v) is 5.65. The summed E-state index contributed by atoms with van der Waals surface area (Å²) in [6, 6.07) is 4.10. The Morgan fingerprint density at radius 2 is 1.94 bits per heavy atom. The van der Waals surface area contributed by atoms with Crippen molar-refractivity contribution in [2.75, 3.05) is 13.1 Å². The van der Waals surface area contributed by atoms with Gasteiger partial charge in [-0.25, -0.2) is 0 Å². The highest BCUT2D eigenvalue weighted by Gasteiger charge is 2.23. The molecule has 0 aliphatic carbocycles. The summed E-state index contributed by atoms with van der Waals surface area (Å²) in [5, 5.41) is 18.9. The molecular formula is C12H16N2O3. The largest absolute Gasteiger partial charge is 0.508 e. The van der Waals surface area contributed by atoms with E-state index in [-0.39, 0.29) is 29.0 Å². The monoisotopic (exact) mass is 236 g/mol. The van der Waals surface area contributed by atoms with Crippen molar-refractivity contribution in [3.05, 3.63) is 23.8 Å². The molecule has 1 saturated heterocycles. The Labute approximate surface area is 99.5 Å². The van der Waals surface area contributed by atoms with Gasteiger partial charge in [-0.3, -0.25) is 4.79 Å². The molecule has 5 heteroatoms. The second kappa shape index (κ2) is 4.63. The highest BCUT2D eigenvalue weighted by molar-refractivity contribution is 5.97. The first-order valence-electron chi connectivity index (χ1n) is 5.65. The van der Waals surface area contributed by atoms with Gasteiger partial charge in [0.1, 0.15) is 11.5 Å². The molecule has 1 heterocycles. The second-order valence-corrected chi connectivity index (χ2v) is 4.33. The maximum absolute atomic E-state index is 12.1. The van der Waals surface area contributed by atoms with Crippen LogP contribution in [0, 0.1) is 0 Å². The Morgan fingerprint density at radius 3 is 2.59 bits per heavy atom. The van der Waals surface area contributed by atoms with Gasteiger partial charge in [0.25, 0.3) is 5.91 Å². The average Bonchev–Trinajstić information content (AvgIpc) is 2.32. The molecule has 0 aromatic heterocycles. The van der Waals surface area contributed by atoms with Gasteiger partial charge in [-0.15, -0.1) is 0 Å². The Kier molecular flexibility index (Phi) is 3.19. The lowest BCUT2D eigenvalue weighted by Gasteiger charge is -2.30. The van der Waals surface area contributed by atoms with Crippen LogP contribution in [-0.4, -0.2) is 40.2 Å². The van der Waals surface area contributed by atoms with Gasteiger partial charge in [0, 0.05) is 19.1 Å². The molecular weight excluding hydrogens is 220 g/mol. The quantitative estimate of drug-likeness (QED) is 0.625. The van der Waals surface area contributed by atoms with Crippen LogP contribution in [0.25, 0.3) is 0 Å². The molecule has 1 aromatic carbocycles. The first-order chi connectivity index (χ1) is 8.08. The Hall–Kier alpha value is -1.75. The molecule has 4 N–H and O–H groups in total. The number of piperidine rings is 1. The molecule has 17 heavy (non-hydrogen) atoms. The molecule has 0 radical (unpaired) electrons. The van der Waals surface area contributed by atoms with E-state index in [1.165, 1.54) is 18.2 Å². The maximum atomic E-state index is 12.1. The van der Waals surface area contributed by atoms with Crippen molar-refractivity contribution in [2.45, 2.75) is 18.9 Å². The van der Waals surface area contributed by atoms with Crippen LogP contribution in [0.1, 0.15) is 23.2 Å². The zero-order valence-electron chi connectivity index (χ0n) is 9.47. The van der Waals surface area contributed by atoms with Crippen molar-refractivity contribution >= 4 is 5.91 Å². The van der Waals surface area contributed by atoms with E-state index in [2.05, 4.69) is 0 Å². The van der Waals surface area contributed by atoms with E-state index in [0.29, 0.717) is 13.1 Å². The number of carbonyl (C=O) groups excluding carboxylic acids is 1. The second-order valence-electron chi connectivity index (χ2n) is 4.33. The standard InChI is InChI=1S/C12H16N2O3/c13-8-3-5-14(6-4-8)12(17)10-7-9(15)1-2-11(10)16/h1-2,7-8,15-16H,3-6,13H2. The molecule has 0 atom stereocenters. The molecule has 0 saturated carbocycles. The summed E-state index contributed by atoms with van der Waals surface area (Å²) in [5.74, 6) is -0.396. The fraction of sp³-hybridized carbons (Fsp3) is 0.417. The minimum Gasteiger partial charge on any atom is -0.508 e. The normalized spacial score (nSPS) is 17.1. The average molecular weight is 236 g/mol. The molecule has 0 bridgehead atoms. The number of phenols is 2. The number of aromatic hydroxyl groups is 2. The molecule has 0 unspecified atom stereocenters. The van der Waals surface area contributed by atoms with Gasteiger partial charge < -0.3 is 20.8 Å². The molecule has 2 rings (SSSR count). The third-order valence-electron chi connectivity index (χ3n) is 3.04. The topological polar surface area (TPSA) is 86.8 Å². The minimum absolute atomic E-state index is 0.0279. The SMILES string of the molecule is NC1CCN(C(=O)c2cc(O)ccc2O)CC1. The first kappa shape index (κ1) is 11.7. The van der Waals surface area contributed by atoms with Gasteiger partial charge in [-0.05, 0) is 31.0 Å². The number of hydrogen-bond donors (Lipinski definition) is 3. The van der Waals surface area contributed by atoms with E-state index in [9.17, 15) is 15.0 Å². The summed E-state index contributed by atoms with van der Waals surface area (Å²) in [5.41, 5.74) is 5.90. The highest BCUT2D eigenvalue weighted by Crippen LogP contribution is 2.24. The van der Waals surface area contributed by atoms with E-state index in [0.717, 1.165) is 12.8 Å². The summed E-state index contributed by atoms with van der Waals surface area (Å²) < 4.78 is 0. The summed E-state index contributed by atoms with van der Waals surface area (Å²) in [7, 11) is 0. The van der Waals surface area contributed by atoms with Crippen LogP contribution < -0.4 is 5.73 Å². The number of carbonyl (C=O) groups is 1. The number of amides is 1. The minimum atomic E-state index is -0.259. The van der Waals surface area contributed by atoms with Crippen molar-refractivity contribution in [2.24, 2.45) is 5.73 Å². The smallest absolute Gasteiger partial charge is 0.257 e. The summed E-state index contributed by atoms with van der Waals surface area (Å²) in [4.78, 5) is 13.7.